The van der Waals surface area contributed by atoms with E-state index in [2.05, 4.69) is 29.1 Å². The monoisotopic (exact) mass is 486 g/mol. The number of aliphatic imine (C=N–C) groups is 1. The fourth-order valence-electron chi connectivity index (χ4n) is 4.49. The van der Waals surface area contributed by atoms with Crippen molar-refractivity contribution in [2.45, 2.75) is 39.7 Å². The Morgan fingerprint density at radius 2 is 1.83 bits per heavy atom. The van der Waals surface area contributed by atoms with Gasteiger partial charge in [-0.2, -0.15) is 0 Å². The Balaban J connectivity index is 1.68. The number of rotatable bonds is 9. The molecule has 3 N–H and O–H groups in total. The highest BCUT2D eigenvalue weighted by atomic mass is 16.2. The van der Waals surface area contributed by atoms with Gasteiger partial charge in [-0.15, -0.1) is 0 Å². The van der Waals surface area contributed by atoms with E-state index in [-0.39, 0.29) is 11.5 Å². The molecule has 1 aliphatic rings. The van der Waals surface area contributed by atoms with Crippen LogP contribution < -0.4 is 16.6 Å². The number of amides is 1. The molecular formula is C28H34N6O2. The number of amidine groups is 1. The minimum absolute atomic E-state index is 0.0229. The van der Waals surface area contributed by atoms with Crippen molar-refractivity contribution in [3.63, 3.8) is 0 Å². The SMILES string of the molecule is CCCN(CCC)C(=O)C1=Cc2ccc(-c3ccc4c(=O)n(CCNC)cnc4c3)cc2N=C(N)C1. The molecule has 1 amide bonds. The predicted molar refractivity (Wildman–Crippen MR) is 146 cm³/mol. The molecule has 0 atom stereocenters. The van der Waals surface area contributed by atoms with Gasteiger partial charge in [0.05, 0.1) is 22.9 Å². The van der Waals surface area contributed by atoms with E-state index < -0.39 is 0 Å². The molecule has 0 unspecified atom stereocenters. The summed E-state index contributed by atoms with van der Waals surface area (Å²) >= 11 is 0. The third-order valence-corrected chi connectivity index (χ3v) is 6.31. The molecule has 1 aromatic heterocycles. The first-order valence-electron chi connectivity index (χ1n) is 12.6. The first kappa shape index (κ1) is 25.3. The van der Waals surface area contributed by atoms with E-state index >= 15 is 0 Å². The quantitative estimate of drug-likeness (QED) is 0.480. The molecule has 2 aromatic carbocycles. The number of nitrogens with one attached hydrogen (secondary N) is 1. The molecule has 4 rings (SSSR count). The average Bonchev–Trinajstić information content (AvgIpc) is 3.05. The van der Waals surface area contributed by atoms with Gasteiger partial charge < -0.3 is 16.0 Å². The largest absolute Gasteiger partial charge is 0.387 e. The van der Waals surface area contributed by atoms with Gasteiger partial charge in [-0.25, -0.2) is 9.98 Å². The lowest BCUT2D eigenvalue weighted by atomic mass is 10.00. The summed E-state index contributed by atoms with van der Waals surface area (Å²) in [7, 11) is 1.85. The number of nitrogens with zero attached hydrogens (tertiary/aromatic N) is 4. The van der Waals surface area contributed by atoms with Crippen LogP contribution in [0.15, 0.2) is 58.1 Å². The first-order valence-corrected chi connectivity index (χ1v) is 12.6. The third-order valence-electron chi connectivity index (χ3n) is 6.31. The summed E-state index contributed by atoms with van der Waals surface area (Å²) in [5.74, 6) is 0.440. The van der Waals surface area contributed by atoms with E-state index in [1.165, 1.54) is 0 Å². The molecule has 0 bridgehead atoms. The van der Waals surface area contributed by atoms with E-state index in [0.717, 1.165) is 48.3 Å². The standard InChI is InChI=1S/C28H34N6O2/c1-4-11-33(12-5-2)27(35)22-14-21-7-6-19(15-24(21)32-26(29)17-22)20-8-9-23-25(16-20)31-18-34(28(23)36)13-10-30-3/h6-9,14-16,18,30H,4-5,10-13,17H2,1-3H3,(H2,29,32). The number of aromatic nitrogens is 2. The fourth-order valence-corrected chi connectivity index (χ4v) is 4.49. The van der Waals surface area contributed by atoms with E-state index in [9.17, 15) is 9.59 Å². The maximum absolute atomic E-state index is 13.2. The highest BCUT2D eigenvalue weighted by molar-refractivity contribution is 6.05. The Morgan fingerprint density at radius 3 is 2.56 bits per heavy atom. The minimum Gasteiger partial charge on any atom is -0.387 e. The second-order valence-corrected chi connectivity index (χ2v) is 9.09. The van der Waals surface area contributed by atoms with Crippen LogP contribution in [-0.2, 0) is 11.3 Å². The van der Waals surface area contributed by atoms with E-state index in [0.29, 0.717) is 41.8 Å². The zero-order valence-corrected chi connectivity index (χ0v) is 21.3. The number of benzene rings is 2. The molecule has 0 saturated heterocycles. The Hall–Kier alpha value is -3.78. The Labute approximate surface area is 211 Å². The van der Waals surface area contributed by atoms with Crippen LogP contribution >= 0.6 is 0 Å². The number of nitrogens with two attached hydrogens (primary N) is 1. The molecule has 188 valence electrons. The Bertz CT molecular complexity index is 1380. The van der Waals surface area contributed by atoms with Gasteiger partial charge in [0, 0.05) is 43.7 Å². The first-order chi connectivity index (χ1) is 17.4. The zero-order chi connectivity index (χ0) is 25.7. The highest BCUT2D eigenvalue weighted by Crippen LogP contribution is 2.32. The van der Waals surface area contributed by atoms with Gasteiger partial charge in [0.1, 0.15) is 5.84 Å². The van der Waals surface area contributed by atoms with Gasteiger partial charge in [0.15, 0.2) is 0 Å². The zero-order valence-electron chi connectivity index (χ0n) is 21.3. The average molecular weight is 487 g/mol. The molecule has 0 aliphatic carbocycles. The van der Waals surface area contributed by atoms with Gasteiger partial charge >= 0.3 is 0 Å². The number of fused-ring (bicyclic) bond motifs is 2. The van der Waals surface area contributed by atoms with Crippen LogP contribution in [0.4, 0.5) is 5.69 Å². The van der Waals surface area contributed by atoms with Crippen molar-refractivity contribution in [3.8, 4) is 11.1 Å². The fraction of sp³-hybridized carbons (Fsp3) is 0.357. The Morgan fingerprint density at radius 1 is 1.11 bits per heavy atom. The van der Waals surface area contributed by atoms with Crippen LogP contribution in [0.25, 0.3) is 28.1 Å². The van der Waals surface area contributed by atoms with Crippen molar-refractivity contribution in [3.05, 3.63) is 64.2 Å². The van der Waals surface area contributed by atoms with Gasteiger partial charge in [0.25, 0.3) is 5.56 Å². The molecule has 0 saturated carbocycles. The lowest BCUT2D eigenvalue weighted by Crippen LogP contribution is -2.34. The van der Waals surface area contributed by atoms with Gasteiger partial charge in [-0.1, -0.05) is 32.0 Å². The van der Waals surface area contributed by atoms with Crippen molar-refractivity contribution in [1.82, 2.24) is 19.8 Å². The number of carbonyl (C=O) groups excluding carboxylic acids is 1. The Kier molecular flexibility index (Phi) is 7.95. The van der Waals surface area contributed by atoms with Crippen LogP contribution in [-0.4, -0.2) is 52.9 Å². The number of carbonyl (C=O) groups is 1. The maximum atomic E-state index is 13.2. The minimum atomic E-state index is -0.0522. The predicted octanol–water partition coefficient (Wildman–Crippen LogP) is 3.71. The van der Waals surface area contributed by atoms with Gasteiger partial charge in [-0.05, 0) is 55.3 Å². The van der Waals surface area contributed by atoms with Crippen molar-refractivity contribution in [2.75, 3.05) is 26.7 Å². The molecule has 2 heterocycles. The van der Waals surface area contributed by atoms with Crippen LogP contribution in [0.2, 0.25) is 0 Å². The maximum Gasteiger partial charge on any atom is 0.261 e. The summed E-state index contributed by atoms with van der Waals surface area (Å²) in [6, 6.07) is 11.6. The van der Waals surface area contributed by atoms with Gasteiger partial charge in [0.2, 0.25) is 5.91 Å². The lowest BCUT2D eigenvalue weighted by Gasteiger charge is -2.22. The van der Waals surface area contributed by atoms with E-state index in [1.54, 1.807) is 10.9 Å². The number of hydrogen-bond donors (Lipinski definition) is 2. The summed E-state index contributed by atoms with van der Waals surface area (Å²) < 4.78 is 1.62. The number of hydrogen-bond acceptors (Lipinski definition) is 6. The molecule has 1 aliphatic heterocycles. The summed E-state index contributed by atoms with van der Waals surface area (Å²) in [4.78, 5) is 37.0. The van der Waals surface area contributed by atoms with Crippen LogP contribution in [0.1, 0.15) is 38.7 Å². The molecule has 8 heteroatoms. The van der Waals surface area contributed by atoms with Gasteiger partial charge in [-0.3, -0.25) is 14.2 Å². The van der Waals surface area contributed by atoms with E-state index in [4.69, 9.17) is 5.73 Å². The molecule has 8 nitrogen and oxygen atoms in total. The molecular weight excluding hydrogens is 452 g/mol. The highest BCUT2D eigenvalue weighted by Gasteiger charge is 2.21. The van der Waals surface area contributed by atoms with Crippen molar-refractivity contribution < 1.29 is 4.79 Å². The van der Waals surface area contributed by atoms with Crippen LogP contribution in [0.5, 0.6) is 0 Å². The normalized spacial score (nSPS) is 13.1. The summed E-state index contributed by atoms with van der Waals surface area (Å²) in [5.41, 5.74) is 11.0. The molecule has 3 aromatic rings. The summed E-state index contributed by atoms with van der Waals surface area (Å²) in [6.07, 6.45) is 5.66. The molecule has 36 heavy (non-hydrogen) atoms. The molecule has 0 spiro atoms. The third kappa shape index (κ3) is 5.39. The second-order valence-electron chi connectivity index (χ2n) is 9.09. The topological polar surface area (TPSA) is 106 Å². The van der Waals surface area contributed by atoms with Crippen molar-refractivity contribution >= 4 is 34.4 Å². The van der Waals surface area contributed by atoms with Crippen molar-refractivity contribution in [2.24, 2.45) is 10.7 Å². The van der Waals surface area contributed by atoms with Crippen LogP contribution in [0, 0.1) is 0 Å². The number of likely N-dealkylation sites (N-methyl/N-ethyl adjacent to an activating group) is 1. The second kappa shape index (κ2) is 11.3. The lowest BCUT2D eigenvalue weighted by molar-refractivity contribution is -0.127. The van der Waals surface area contributed by atoms with Crippen molar-refractivity contribution in [1.29, 1.82) is 0 Å². The molecule has 0 fully saturated rings. The summed E-state index contributed by atoms with van der Waals surface area (Å²) in [5, 5.41) is 3.64. The smallest absolute Gasteiger partial charge is 0.261 e. The molecule has 0 radical (unpaired) electrons. The van der Waals surface area contributed by atoms with Crippen LogP contribution in [0.3, 0.4) is 0 Å². The summed E-state index contributed by atoms with van der Waals surface area (Å²) in [6.45, 7) is 6.86. The van der Waals surface area contributed by atoms with E-state index in [1.807, 2.05) is 54.4 Å².